The molecule has 1 aliphatic heterocycles. The molecule has 2 aromatic rings. The van der Waals surface area contributed by atoms with Gasteiger partial charge in [0.05, 0.1) is 17.5 Å². The van der Waals surface area contributed by atoms with Gasteiger partial charge < -0.3 is 4.74 Å². The number of nitrogens with zero attached hydrogens (tertiary/aromatic N) is 1. The second-order valence-electron chi connectivity index (χ2n) is 7.24. The Hall–Kier alpha value is -3.21. The topological polar surface area (TPSA) is 63.7 Å². The Morgan fingerprint density at radius 1 is 0.929 bits per heavy atom. The van der Waals surface area contributed by atoms with Crippen LogP contribution in [-0.2, 0) is 9.59 Å². The average Bonchev–Trinajstić information content (AvgIpc) is 2.98. The van der Waals surface area contributed by atoms with Crippen molar-refractivity contribution in [3.63, 3.8) is 0 Å². The Bertz CT molecular complexity index is 918. The molecule has 0 N–H and O–H groups in total. The smallest absolute Gasteiger partial charge is 0.238 e. The Kier molecular flexibility index (Phi) is 4.82. The van der Waals surface area contributed by atoms with E-state index in [2.05, 4.69) is 0 Å². The molecule has 142 valence electrons. The Morgan fingerprint density at radius 2 is 1.50 bits per heavy atom. The minimum Gasteiger partial charge on any atom is -0.485 e. The Labute approximate surface area is 163 Å². The van der Waals surface area contributed by atoms with Crippen LogP contribution in [-0.4, -0.2) is 24.2 Å². The van der Waals surface area contributed by atoms with Gasteiger partial charge in [-0.25, -0.2) is 0 Å². The molecule has 28 heavy (non-hydrogen) atoms. The molecule has 4 rings (SSSR count). The first-order valence-electron chi connectivity index (χ1n) is 9.40. The number of rotatable bonds is 5. The van der Waals surface area contributed by atoms with Gasteiger partial charge in [0.25, 0.3) is 0 Å². The van der Waals surface area contributed by atoms with Gasteiger partial charge >= 0.3 is 0 Å². The normalized spacial score (nSPS) is 21.0. The van der Waals surface area contributed by atoms with E-state index in [9.17, 15) is 14.4 Å². The molecule has 0 aromatic heterocycles. The molecule has 0 saturated carbocycles. The molecular weight excluding hydrogens is 354 g/mol. The van der Waals surface area contributed by atoms with E-state index in [-0.39, 0.29) is 36.0 Å². The molecule has 2 amide bonds. The summed E-state index contributed by atoms with van der Waals surface area (Å²) < 4.78 is 5.57. The summed E-state index contributed by atoms with van der Waals surface area (Å²) in [6, 6.07) is 14.1. The van der Waals surface area contributed by atoms with Gasteiger partial charge in [0, 0.05) is 5.56 Å². The third-order valence-corrected chi connectivity index (χ3v) is 5.35. The summed E-state index contributed by atoms with van der Waals surface area (Å²) in [6.07, 6.45) is 5.18. The van der Waals surface area contributed by atoms with E-state index < -0.39 is 0 Å². The van der Waals surface area contributed by atoms with Gasteiger partial charge in [0.2, 0.25) is 11.8 Å². The van der Waals surface area contributed by atoms with Gasteiger partial charge in [-0.3, -0.25) is 19.3 Å². The fourth-order valence-corrected chi connectivity index (χ4v) is 3.72. The number of carbonyl (C=O) groups excluding carboxylic acids is 3. The van der Waals surface area contributed by atoms with Crippen LogP contribution in [0.4, 0.5) is 5.69 Å². The SMILES string of the molecule is Cc1ccc(C(=O)COc2ccc(N3C(=O)[C@H]4CC=CC[C@H]4C3=O)cc2)cc1. The van der Waals surface area contributed by atoms with Crippen LogP contribution in [0.5, 0.6) is 5.75 Å². The quantitative estimate of drug-likeness (QED) is 0.454. The largest absolute Gasteiger partial charge is 0.485 e. The van der Waals surface area contributed by atoms with Crippen molar-refractivity contribution in [1.82, 2.24) is 0 Å². The number of allylic oxidation sites excluding steroid dienone is 2. The summed E-state index contributed by atoms with van der Waals surface area (Å²) >= 11 is 0. The lowest BCUT2D eigenvalue weighted by atomic mass is 9.85. The number of benzene rings is 2. The fourth-order valence-electron chi connectivity index (χ4n) is 3.72. The van der Waals surface area contributed by atoms with E-state index >= 15 is 0 Å². The summed E-state index contributed by atoms with van der Waals surface area (Å²) in [5, 5.41) is 0. The molecule has 1 saturated heterocycles. The third-order valence-electron chi connectivity index (χ3n) is 5.35. The second kappa shape index (κ2) is 7.43. The number of anilines is 1. The number of fused-ring (bicyclic) bond motifs is 1. The highest BCUT2D eigenvalue weighted by molar-refractivity contribution is 6.22. The predicted molar refractivity (Wildman–Crippen MR) is 105 cm³/mol. The zero-order valence-corrected chi connectivity index (χ0v) is 15.6. The zero-order valence-electron chi connectivity index (χ0n) is 15.6. The lowest BCUT2D eigenvalue weighted by Gasteiger charge is -2.15. The van der Waals surface area contributed by atoms with Gasteiger partial charge in [0.1, 0.15) is 5.75 Å². The van der Waals surface area contributed by atoms with Gasteiger partial charge in [0.15, 0.2) is 12.4 Å². The number of imide groups is 1. The third kappa shape index (κ3) is 3.36. The number of amides is 2. The lowest BCUT2D eigenvalue weighted by molar-refractivity contribution is -0.122. The van der Waals surface area contributed by atoms with Crippen LogP contribution in [0.3, 0.4) is 0 Å². The molecule has 0 spiro atoms. The summed E-state index contributed by atoms with van der Waals surface area (Å²) in [6.45, 7) is 1.90. The molecule has 0 unspecified atom stereocenters. The van der Waals surface area contributed by atoms with Crippen molar-refractivity contribution >= 4 is 23.3 Å². The second-order valence-corrected chi connectivity index (χ2v) is 7.24. The van der Waals surface area contributed by atoms with Crippen molar-refractivity contribution in [2.75, 3.05) is 11.5 Å². The monoisotopic (exact) mass is 375 g/mol. The number of aryl methyl sites for hydroxylation is 1. The molecule has 1 fully saturated rings. The van der Waals surface area contributed by atoms with E-state index in [1.54, 1.807) is 36.4 Å². The Morgan fingerprint density at radius 3 is 2.07 bits per heavy atom. The zero-order chi connectivity index (χ0) is 19.7. The molecule has 2 aliphatic rings. The summed E-state index contributed by atoms with van der Waals surface area (Å²) in [7, 11) is 0. The number of hydrogen-bond acceptors (Lipinski definition) is 4. The summed E-state index contributed by atoms with van der Waals surface area (Å²) in [5.74, 6) is -0.362. The van der Waals surface area contributed by atoms with E-state index in [1.807, 2.05) is 31.2 Å². The van der Waals surface area contributed by atoms with Crippen molar-refractivity contribution in [3.05, 3.63) is 71.8 Å². The standard InChI is InChI=1S/C23H21NO4/c1-15-6-8-16(9-7-15)21(25)14-28-18-12-10-17(11-13-18)24-22(26)19-4-2-3-5-20(19)23(24)27/h2-3,6-13,19-20H,4-5,14H2,1H3/t19-,20+. The van der Waals surface area contributed by atoms with Crippen LogP contribution in [0, 0.1) is 18.8 Å². The van der Waals surface area contributed by atoms with E-state index in [1.165, 1.54) is 4.90 Å². The van der Waals surface area contributed by atoms with Crippen molar-refractivity contribution in [3.8, 4) is 5.75 Å². The number of ether oxygens (including phenoxy) is 1. The van der Waals surface area contributed by atoms with Crippen LogP contribution < -0.4 is 9.64 Å². The van der Waals surface area contributed by atoms with Crippen LogP contribution in [0.15, 0.2) is 60.7 Å². The maximum Gasteiger partial charge on any atom is 0.238 e. The highest BCUT2D eigenvalue weighted by Crippen LogP contribution is 2.37. The van der Waals surface area contributed by atoms with E-state index in [0.717, 1.165) is 5.56 Å². The summed E-state index contributed by atoms with van der Waals surface area (Å²) in [4.78, 5) is 38.7. The Balaban J connectivity index is 1.41. The molecule has 2 aromatic carbocycles. The van der Waals surface area contributed by atoms with E-state index in [4.69, 9.17) is 4.74 Å². The maximum absolute atomic E-state index is 12.6. The van der Waals surface area contributed by atoms with Crippen LogP contribution in [0.25, 0.3) is 0 Å². The van der Waals surface area contributed by atoms with Gasteiger partial charge in [-0.1, -0.05) is 42.0 Å². The molecular formula is C23H21NO4. The highest BCUT2D eigenvalue weighted by atomic mass is 16.5. The van der Waals surface area contributed by atoms with Gasteiger partial charge in [-0.15, -0.1) is 0 Å². The predicted octanol–water partition coefficient (Wildman–Crippen LogP) is 3.71. The number of carbonyl (C=O) groups is 3. The minimum absolute atomic E-state index is 0.0696. The number of hydrogen-bond donors (Lipinski definition) is 0. The minimum atomic E-state index is -0.249. The first-order valence-corrected chi connectivity index (χ1v) is 9.40. The molecule has 5 heteroatoms. The van der Waals surface area contributed by atoms with Gasteiger partial charge in [-0.05, 0) is 44.0 Å². The van der Waals surface area contributed by atoms with Crippen molar-refractivity contribution in [1.29, 1.82) is 0 Å². The molecule has 0 bridgehead atoms. The van der Waals surface area contributed by atoms with Crippen LogP contribution in [0.2, 0.25) is 0 Å². The highest BCUT2D eigenvalue weighted by Gasteiger charge is 2.47. The van der Waals surface area contributed by atoms with E-state index in [0.29, 0.717) is 29.8 Å². The van der Waals surface area contributed by atoms with Crippen LogP contribution in [0.1, 0.15) is 28.8 Å². The van der Waals surface area contributed by atoms with Crippen molar-refractivity contribution in [2.45, 2.75) is 19.8 Å². The first-order chi connectivity index (χ1) is 13.5. The molecule has 1 heterocycles. The fraction of sp³-hybridized carbons (Fsp3) is 0.261. The average molecular weight is 375 g/mol. The van der Waals surface area contributed by atoms with Crippen LogP contribution >= 0.6 is 0 Å². The van der Waals surface area contributed by atoms with Crippen molar-refractivity contribution < 1.29 is 19.1 Å². The van der Waals surface area contributed by atoms with Gasteiger partial charge in [-0.2, -0.15) is 0 Å². The number of Topliss-reactive ketones (excluding diaryl/α,β-unsaturated/α-hetero) is 1. The number of ketones is 1. The molecule has 1 aliphatic carbocycles. The maximum atomic E-state index is 12.6. The molecule has 2 atom stereocenters. The lowest BCUT2D eigenvalue weighted by Crippen LogP contribution is -2.30. The molecule has 5 nitrogen and oxygen atoms in total. The first kappa shape index (κ1) is 18.2. The molecule has 0 radical (unpaired) electrons. The summed E-state index contributed by atoms with van der Waals surface area (Å²) in [5.41, 5.74) is 2.24. The van der Waals surface area contributed by atoms with Crippen molar-refractivity contribution in [2.24, 2.45) is 11.8 Å².